The predicted octanol–water partition coefficient (Wildman–Crippen LogP) is 5.26. The molecule has 0 aromatic heterocycles. The van der Waals surface area contributed by atoms with Crippen LogP contribution in [0.4, 0.5) is 0 Å². The molecule has 0 amide bonds. The van der Waals surface area contributed by atoms with Gasteiger partial charge in [0.25, 0.3) is 0 Å². The van der Waals surface area contributed by atoms with Gasteiger partial charge in [-0.25, -0.2) is 0 Å². The molecule has 0 N–H and O–H groups in total. The number of fused-ring (bicyclic) bond motifs is 1. The third-order valence-electron chi connectivity index (χ3n) is 8.97. The molecule has 0 saturated carbocycles. The molecule has 0 radical (unpaired) electrons. The maximum atomic E-state index is 12.4. The van der Waals surface area contributed by atoms with Crippen LogP contribution < -0.4 is 33.2 Å². The first kappa shape index (κ1) is 39.7. The standard InChI is InChI=1S/C39H44O15/c1-20(40)48-19-35(38(53-23(4)43)25-10-12-30(52-22(3)42)32(14-25)45-6)54-39-33(46-7)15-26(16-34(39)47-8)37-28-18-49-36(27(28)17-50-37)24-9-11-29(51-21(2)41)31(13-24)44-5/h9-16,27-28,35-38H,17-19H2,1-8H3/t27-,28-,35+,36+,37+,38-/m0/s1. The van der Waals surface area contributed by atoms with Crippen molar-refractivity contribution in [3.63, 3.8) is 0 Å². The largest absolute Gasteiger partial charge is 0.493 e. The van der Waals surface area contributed by atoms with Crippen LogP contribution in [0.15, 0.2) is 48.5 Å². The van der Waals surface area contributed by atoms with Crippen LogP contribution in [0.5, 0.6) is 40.2 Å². The third-order valence-corrected chi connectivity index (χ3v) is 8.97. The van der Waals surface area contributed by atoms with Crippen LogP contribution >= 0.6 is 0 Å². The van der Waals surface area contributed by atoms with Crippen molar-refractivity contribution < 1.29 is 71.3 Å². The summed E-state index contributed by atoms with van der Waals surface area (Å²) in [5.74, 6) is -0.513. The van der Waals surface area contributed by atoms with Gasteiger partial charge in [0.1, 0.15) is 6.61 Å². The molecule has 0 aliphatic carbocycles. The van der Waals surface area contributed by atoms with Crippen molar-refractivity contribution in [3.05, 3.63) is 65.2 Å². The Balaban J connectivity index is 1.45. The lowest BCUT2D eigenvalue weighted by Crippen LogP contribution is -2.34. The highest BCUT2D eigenvalue weighted by Gasteiger charge is 2.48. The molecule has 2 fully saturated rings. The molecule has 15 heteroatoms. The summed E-state index contributed by atoms with van der Waals surface area (Å²) in [6.45, 7) is 5.53. The maximum absolute atomic E-state index is 12.4. The Morgan fingerprint density at radius 2 is 1.11 bits per heavy atom. The Labute approximate surface area is 312 Å². The highest BCUT2D eigenvalue weighted by molar-refractivity contribution is 5.71. The average molecular weight is 753 g/mol. The SMILES string of the molecule is COc1cc([C@H]2OC[C@H]3[C@@H]2CO[C@@H]3c2cc(OC)c(O[C@H](COC(C)=O)[C@@H](OC(C)=O)c3ccc(OC(C)=O)c(OC)c3)c(OC)c2)ccc1OC(C)=O. The molecule has 2 heterocycles. The van der Waals surface area contributed by atoms with Crippen LogP contribution in [0.1, 0.15) is 62.7 Å². The normalized spacial score (nSPS) is 19.8. The van der Waals surface area contributed by atoms with Gasteiger partial charge >= 0.3 is 23.9 Å². The van der Waals surface area contributed by atoms with Gasteiger partial charge in [0, 0.05) is 45.1 Å². The highest BCUT2D eigenvalue weighted by Crippen LogP contribution is 2.53. The highest BCUT2D eigenvalue weighted by atomic mass is 16.6. The number of hydrogen-bond donors (Lipinski definition) is 0. The Kier molecular flexibility index (Phi) is 12.9. The van der Waals surface area contributed by atoms with E-state index in [0.29, 0.717) is 30.3 Å². The minimum Gasteiger partial charge on any atom is -0.493 e. The Bertz CT molecular complexity index is 1830. The molecule has 2 aliphatic heterocycles. The second kappa shape index (κ2) is 17.5. The lowest BCUT2D eigenvalue weighted by Gasteiger charge is -2.29. The van der Waals surface area contributed by atoms with E-state index in [2.05, 4.69) is 0 Å². The summed E-state index contributed by atoms with van der Waals surface area (Å²) in [6, 6.07) is 13.5. The van der Waals surface area contributed by atoms with Crippen LogP contribution in [0.3, 0.4) is 0 Å². The van der Waals surface area contributed by atoms with Gasteiger partial charge in [-0.3, -0.25) is 19.2 Å². The fourth-order valence-corrected chi connectivity index (χ4v) is 6.69. The van der Waals surface area contributed by atoms with Crippen molar-refractivity contribution in [2.24, 2.45) is 11.8 Å². The first-order valence-corrected chi connectivity index (χ1v) is 17.1. The molecule has 15 nitrogen and oxygen atoms in total. The number of carbonyl (C=O) groups excluding carboxylic acids is 4. The maximum Gasteiger partial charge on any atom is 0.308 e. The predicted molar refractivity (Wildman–Crippen MR) is 188 cm³/mol. The zero-order valence-electron chi connectivity index (χ0n) is 31.3. The number of rotatable bonds is 15. The number of esters is 4. The number of carbonyl (C=O) groups is 4. The summed E-state index contributed by atoms with van der Waals surface area (Å²) in [4.78, 5) is 47.6. The van der Waals surface area contributed by atoms with Crippen LogP contribution in [-0.4, -0.2) is 78.2 Å². The van der Waals surface area contributed by atoms with E-state index >= 15 is 0 Å². The van der Waals surface area contributed by atoms with E-state index in [1.165, 1.54) is 68.3 Å². The molecule has 0 spiro atoms. The van der Waals surface area contributed by atoms with E-state index < -0.39 is 42.2 Å². The Hall–Kier alpha value is -5.54. The molecule has 54 heavy (non-hydrogen) atoms. The van der Waals surface area contributed by atoms with Crippen LogP contribution in [0, 0.1) is 11.8 Å². The second-order valence-electron chi connectivity index (χ2n) is 12.6. The van der Waals surface area contributed by atoms with Crippen molar-refractivity contribution >= 4 is 23.9 Å². The molecule has 2 saturated heterocycles. The fraction of sp³-hybridized carbons (Fsp3) is 0.436. The quantitative estimate of drug-likeness (QED) is 0.145. The van der Waals surface area contributed by atoms with Gasteiger partial charge in [-0.2, -0.15) is 0 Å². The van der Waals surface area contributed by atoms with Crippen molar-refractivity contribution in [1.29, 1.82) is 0 Å². The minimum absolute atomic E-state index is 0.00554. The van der Waals surface area contributed by atoms with E-state index in [0.717, 1.165) is 11.1 Å². The van der Waals surface area contributed by atoms with Crippen molar-refractivity contribution in [2.45, 2.75) is 52.1 Å². The van der Waals surface area contributed by atoms with Crippen LogP contribution in [0.2, 0.25) is 0 Å². The topological polar surface area (TPSA) is 170 Å². The van der Waals surface area contributed by atoms with Crippen LogP contribution in [-0.2, 0) is 38.1 Å². The van der Waals surface area contributed by atoms with E-state index in [1.54, 1.807) is 30.3 Å². The summed E-state index contributed by atoms with van der Waals surface area (Å²) in [7, 11) is 5.83. The summed E-state index contributed by atoms with van der Waals surface area (Å²) in [6.07, 6.45) is -2.97. The van der Waals surface area contributed by atoms with Crippen molar-refractivity contribution in [1.82, 2.24) is 0 Å². The molecule has 6 atom stereocenters. The Morgan fingerprint density at radius 3 is 1.61 bits per heavy atom. The van der Waals surface area contributed by atoms with Crippen molar-refractivity contribution in [2.75, 3.05) is 48.3 Å². The van der Waals surface area contributed by atoms with Crippen LogP contribution in [0.25, 0.3) is 0 Å². The molecule has 0 bridgehead atoms. The molecular weight excluding hydrogens is 708 g/mol. The Morgan fingerprint density at radius 1 is 0.611 bits per heavy atom. The monoisotopic (exact) mass is 752 g/mol. The average Bonchev–Trinajstić information content (AvgIpc) is 3.75. The van der Waals surface area contributed by atoms with Gasteiger partial charge in [0.2, 0.25) is 5.75 Å². The third kappa shape index (κ3) is 8.97. The van der Waals surface area contributed by atoms with Gasteiger partial charge in [-0.1, -0.05) is 12.1 Å². The van der Waals surface area contributed by atoms with Gasteiger partial charge in [-0.05, 0) is 47.5 Å². The lowest BCUT2D eigenvalue weighted by molar-refractivity contribution is -0.157. The number of ether oxygens (including phenoxy) is 11. The molecular formula is C39H44O15. The second-order valence-corrected chi connectivity index (χ2v) is 12.6. The smallest absolute Gasteiger partial charge is 0.308 e. The van der Waals surface area contributed by atoms with E-state index in [4.69, 9.17) is 52.1 Å². The van der Waals surface area contributed by atoms with Gasteiger partial charge < -0.3 is 52.1 Å². The minimum atomic E-state index is -1.15. The fourth-order valence-electron chi connectivity index (χ4n) is 6.69. The zero-order chi connectivity index (χ0) is 39.1. The summed E-state index contributed by atoms with van der Waals surface area (Å²) in [5.41, 5.74) is 2.00. The molecule has 5 rings (SSSR count). The van der Waals surface area contributed by atoms with E-state index in [1.807, 2.05) is 6.07 Å². The van der Waals surface area contributed by atoms with E-state index in [-0.39, 0.29) is 53.3 Å². The zero-order valence-corrected chi connectivity index (χ0v) is 31.3. The molecule has 0 unspecified atom stereocenters. The van der Waals surface area contributed by atoms with Gasteiger partial charge in [0.15, 0.2) is 46.7 Å². The lowest BCUT2D eigenvalue weighted by atomic mass is 9.84. The van der Waals surface area contributed by atoms with Gasteiger partial charge in [-0.15, -0.1) is 0 Å². The first-order chi connectivity index (χ1) is 25.9. The number of methoxy groups -OCH3 is 4. The number of hydrogen-bond acceptors (Lipinski definition) is 15. The van der Waals surface area contributed by atoms with Gasteiger partial charge in [0.05, 0.1) is 53.9 Å². The first-order valence-electron chi connectivity index (χ1n) is 17.1. The molecule has 2 aliphatic rings. The molecule has 3 aromatic carbocycles. The van der Waals surface area contributed by atoms with Crippen molar-refractivity contribution in [3.8, 4) is 40.2 Å². The molecule has 290 valence electrons. The summed E-state index contributed by atoms with van der Waals surface area (Å²) >= 11 is 0. The molecule has 3 aromatic rings. The summed E-state index contributed by atoms with van der Waals surface area (Å²) in [5, 5.41) is 0. The van der Waals surface area contributed by atoms with E-state index in [9.17, 15) is 19.2 Å². The summed E-state index contributed by atoms with van der Waals surface area (Å²) < 4.78 is 63.3. The number of benzene rings is 3.